The lowest BCUT2D eigenvalue weighted by Gasteiger charge is -2.01. The molecule has 0 bridgehead atoms. The lowest BCUT2D eigenvalue weighted by atomic mass is 10.1. The molecule has 8 nitrogen and oxygen atoms in total. The molecule has 2 N–H and O–H groups in total. The number of aromatic amines is 1. The Balaban J connectivity index is 1.44. The van der Waals surface area contributed by atoms with Crippen LogP contribution in [-0.4, -0.2) is 37.4 Å². The Kier molecular flexibility index (Phi) is 3.78. The number of hydrogen-bond acceptors (Lipinski definition) is 5. The first-order valence-electron chi connectivity index (χ1n) is 9.33. The number of fused-ring (bicyclic) bond motifs is 1. The summed E-state index contributed by atoms with van der Waals surface area (Å²) in [7, 11) is 1.85. The Morgan fingerprint density at radius 1 is 1.32 bits per heavy atom. The second-order valence-corrected chi connectivity index (χ2v) is 7.32. The highest BCUT2D eigenvalue weighted by atomic mass is 16.5. The Morgan fingerprint density at radius 3 is 2.93 bits per heavy atom. The normalized spacial score (nSPS) is 13.9. The molecule has 0 unspecified atom stereocenters. The molecule has 1 saturated carbocycles. The molecule has 8 heteroatoms. The topological polar surface area (TPSA) is 102 Å². The molecule has 0 radical (unpaired) electrons. The largest absolute Gasteiger partial charge is 0.351 e. The minimum atomic E-state index is -0.120. The van der Waals surface area contributed by atoms with E-state index in [1.54, 1.807) is 11.6 Å². The number of hydrogen-bond donors (Lipinski definition) is 2. The molecule has 1 fully saturated rings. The summed E-state index contributed by atoms with van der Waals surface area (Å²) in [6, 6.07) is 9.87. The Bertz CT molecular complexity index is 1180. The van der Waals surface area contributed by atoms with Gasteiger partial charge in [0.25, 0.3) is 11.8 Å². The van der Waals surface area contributed by atoms with Crippen LogP contribution in [-0.2, 0) is 7.05 Å². The summed E-state index contributed by atoms with van der Waals surface area (Å²) in [5.41, 5.74) is 4.05. The number of benzene rings is 1. The van der Waals surface area contributed by atoms with Crippen molar-refractivity contribution in [3.63, 3.8) is 0 Å². The van der Waals surface area contributed by atoms with Gasteiger partial charge in [-0.25, -0.2) is 0 Å². The zero-order chi connectivity index (χ0) is 19.3. The summed E-state index contributed by atoms with van der Waals surface area (Å²) in [5, 5.41) is 12.2. The molecule has 0 saturated heterocycles. The molecule has 1 aliphatic carbocycles. The minimum Gasteiger partial charge on any atom is -0.351 e. The smallest absolute Gasteiger partial charge is 0.274 e. The highest BCUT2D eigenvalue weighted by molar-refractivity contribution is 5.94. The SMILES string of the molecule is Cc1noc(-c2cc3cc(-c4cc(C(=O)NCC5CC5)nn4C)ccc3[nH]2)n1. The maximum Gasteiger partial charge on any atom is 0.274 e. The summed E-state index contributed by atoms with van der Waals surface area (Å²) in [6.07, 6.45) is 2.41. The van der Waals surface area contributed by atoms with E-state index in [4.69, 9.17) is 4.52 Å². The van der Waals surface area contributed by atoms with Gasteiger partial charge in [-0.3, -0.25) is 9.48 Å². The van der Waals surface area contributed by atoms with Gasteiger partial charge in [0.15, 0.2) is 11.5 Å². The lowest BCUT2D eigenvalue weighted by Crippen LogP contribution is -2.25. The van der Waals surface area contributed by atoms with Crippen LogP contribution < -0.4 is 5.32 Å². The predicted octanol–water partition coefficient (Wildman–Crippen LogP) is 3.07. The van der Waals surface area contributed by atoms with Crippen molar-refractivity contribution < 1.29 is 9.32 Å². The van der Waals surface area contributed by atoms with Gasteiger partial charge < -0.3 is 14.8 Å². The average Bonchev–Trinajstić information content (AvgIpc) is 3.07. The molecule has 3 aromatic heterocycles. The summed E-state index contributed by atoms with van der Waals surface area (Å²) in [4.78, 5) is 19.9. The number of amides is 1. The molecule has 1 amide bonds. The third kappa shape index (κ3) is 3.06. The quantitative estimate of drug-likeness (QED) is 0.557. The van der Waals surface area contributed by atoms with E-state index in [0.717, 1.165) is 34.4 Å². The van der Waals surface area contributed by atoms with Crippen LogP contribution in [0.15, 0.2) is 34.9 Å². The maximum atomic E-state index is 12.3. The maximum absolute atomic E-state index is 12.3. The summed E-state index contributed by atoms with van der Waals surface area (Å²) >= 11 is 0. The zero-order valence-electron chi connectivity index (χ0n) is 15.7. The van der Waals surface area contributed by atoms with Gasteiger partial charge in [0, 0.05) is 30.1 Å². The number of H-pyrrole nitrogens is 1. The van der Waals surface area contributed by atoms with Crippen LogP contribution in [0.5, 0.6) is 0 Å². The van der Waals surface area contributed by atoms with Crippen molar-refractivity contribution in [1.82, 2.24) is 30.2 Å². The monoisotopic (exact) mass is 376 g/mol. The van der Waals surface area contributed by atoms with Crippen LogP contribution in [0.4, 0.5) is 0 Å². The number of aromatic nitrogens is 5. The van der Waals surface area contributed by atoms with Crippen molar-refractivity contribution in [3.05, 3.63) is 41.9 Å². The lowest BCUT2D eigenvalue weighted by molar-refractivity contribution is 0.0946. The Labute approximate surface area is 160 Å². The van der Waals surface area contributed by atoms with E-state index in [0.29, 0.717) is 23.3 Å². The molecule has 3 heterocycles. The fourth-order valence-corrected chi connectivity index (χ4v) is 3.31. The first-order chi connectivity index (χ1) is 13.6. The Morgan fingerprint density at radius 2 is 2.18 bits per heavy atom. The molecule has 0 aliphatic heterocycles. The van der Waals surface area contributed by atoms with Crippen molar-refractivity contribution in [2.75, 3.05) is 6.54 Å². The molecule has 1 aliphatic rings. The predicted molar refractivity (Wildman–Crippen MR) is 104 cm³/mol. The van der Waals surface area contributed by atoms with Gasteiger partial charge in [-0.1, -0.05) is 11.2 Å². The average molecular weight is 376 g/mol. The van der Waals surface area contributed by atoms with E-state index in [1.165, 1.54) is 12.8 Å². The fraction of sp³-hybridized carbons (Fsp3) is 0.300. The van der Waals surface area contributed by atoms with Gasteiger partial charge in [0.05, 0.1) is 5.69 Å². The molecule has 1 aromatic carbocycles. The number of aryl methyl sites for hydroxylation is 2. The van der Waals surface area contributed by atoms with Crippen LogP contribution in [0.25, 0.3) is 33.7 Å². The van der Waals surface area contributed by atoms with E-state index in [1.807, 2.05) is 31.3 Å². The molecule has 4 aromatic rings. The van der Waals surface area contributed by atoms with Crippen LogP contribution in [0, 0.1) is 12.8 Å². The highest BCUT2D eigenvalue weighted by Gasteiger charge is 2.23. The van der Waals surface area contributed by atoms with Gasteiger partial charge >= 0.3 is 0 Å². The summed E-state index contributed by atoms with van der Waals surface area (Å²) in [6.45, 7) is 2.52. The van der Waals surface area contributed by atoms with Gasteiger partial charge in [-0.15, -0.1) is 0 Å². The molecule has 142 valence electrons. The zero-order valence-corrected chi connectivity index (χ0v) is 15.7. The number of nitrogens with one attached hydrogen (secondary N) is 2. The van der Waals surface area contributed by atoms with E-state index in [9.17, 15) is 4.79 Å². The standard InChI is InChI=1S/C20H20N6O2/c1-11-22-20(28-25-11)17-8-14-7-13(5-6-15(14)23-17)18-9-16(24-26(18)2)19(27)21-10-12-3-4-12/h5-9,12,23H,3-4,10H2,1-2H3,(H,21,27). The summed E-state index contributed by atoms with van der Waals surface area (Å²) in [5.74, 6) is 1.58. The van der Waals surface area contributed by atoms with Crippen LogP contribution in [0.1, 0.15) is 29.2 Å². The molecule has 0 spiro atoms. The minimum absolute atomic E-state index is 0.120. The Hall–Kier alpha value is -3.42. The number of carbonyl (C=O) groups is 1. The second-order valence-electron chi connectivity index (χ2n) is 7.32. The van der Waals surface area contributed by atoms with Gasteiger partial charge in [-0.2, -0.15) is 10.1 Å². The van der Waals surface area contributed by atoms with Crippen LogP contribution >= 0.6 is 0 Å². The van der Waals surface area contributed by atoms with Crippen LogP contribution in [0.3, 0.4) is 0 Å². The van der Waals surface area contributed by atoms with Gasteiger partial charge in [-0.05, 0) is 49.9 Å². The fourth-order valence-electron chi connectivity index (χ4n) is 3.31. The van der Waals surface area contributed by atoms with E-state index >= 15 is 0 Å². The van der Waals surface area contributed by atoms with Crippen molar-refractivity contribution in [2.45, 2.75) is 19.8 Å². The third-order valence-electron chi connectivity index (χ3n) is 5.04. The third-order valence-corrected chi connectivity index (χ3v) is 5.04. The van der Waals surface area contributed by atoms with E-state index in [-0.39, 0.29) is 5.91 Å². The second kappa shape index (κ2) is 6.33. The van der Waals surface area contributed by atoms with Crippen molar-refractivity contribution in [2.24, 2.45) is 13.0 Å². The van der Waals surface area contributed by atoms with Crippen molar-refractivity contribution in [3.8, 4) is 22.8 Å². The first kappa shape index (κ1) is 16.7. The van der Waals surface area contributed by atoms with Gasteiger partial charge in [0.1, 0.15) is 5.69 Å². The first-order valence-corrected chi connectivity index (χ1v) is 9.33. The van der Waals surface area contributed by atoms with E-state index in [2.05, 4.69) is 31.6 Å². The van der Waals surface area contributed by atoms with Crippen LogP contribution in [0.2, 0.25) is 0 Å². The number of rotatable bonds is 5. The highest BCUT2D eigenvalue weighted by Crippen LogP contribution is 2.29. The molecule has 28 heavy (non-hydrogen) atoms. The van der Waals surface area contributed by atoms with Crippen molar-refractivity contribution >= 4 is 16.8 Å². The molecule has 0 atom stereocenters. The van der Waals surface area contributed by atoms with Gasteiger partial charge in [0.2, 0.25) is 0 Å². The molecule has 5 rings (SSSR count). The van der Waals surface area contributed by atoms with E-state index < -0.39 is 0 Å². The number of nitrogens with zero attached hydrogens (tertiary/aromatic N) is 4. The number of carbonyl (C=O) groups excluding carboxylic acids is 1. The molecular weight excluding hydrogens is 356 g/mol. The molecular formula is C20H20N6O2. The van der Waals surface area contributed by atoms with Crippen molar-refractivity contribution in [1.29, 1.82) is 0 Å². The summed E-state index contributed by atoms with van der Waals surface area (Å²) < 4.78 is 6.98.